The van der Waals surface area contributed by atoms with Crippen LogP contribution in [0.4, 0.5) is 0 Å². The summed E-state index contributed by atoms with van der Waals surface area (Å²) >= 11 is 0. The van der Waals surface area contributed by atoms with E-state index in [1.807, 2.05) is 13.8 Å². The van der Waals surface area contributed by atoms with Crippen LogP contribution in [0.25, 0.3) is 6.08 Å². The van der Waals surface area contributed by atoms with Crippen molar-refractivity contribution in [1.82, 2.24) is 0 Å². The van der Waals surface area contributed by atoms with Gasteiger partial charge in [0.2, 0.25) is 0 Å². The van der Waals surface area contributed by atoms with Crippen LogP contribution in [-0.2, 0) is 6.42 Å². The number of phenolic OH excluding ortho intramolecular Hbond substituents is 3. The van der Waals surface area contributed by atoms with E-state index in [9.17, 15) is 24.9 Å². The fraction of sp³-hybridized carbons (Fsp3) is 0.182. The first-order chi connectivity index (χ1) is 13.3. The Morgan fingerprint density at radius 3 is 2.25 bits per heavy atom. The molecule has 0 aliphatic carbocycles. The first kappa shape index (κ1) is 20.8. The summed E-state index contributed by atoms with van der Waals surface area (Å²) in [6.07, 6.45) is 5.02. The molecule has 0 radical (unpaired) electrons. The molecule has 0 heterocycles. The molecule has 146 valence electrons. The molecule has 0 saturated carbocycles. The number of carbonyl (C=O) groups is 2. The van der Waals surface area contributed by atoms with Gasteiger partial charge in [0.1, 0.15) is 28.6 Å². The smallest absolute Gasteiger partial charge is 0.193 e. The number of allylic oxidation sites excluding steroid dienone is 3. The lowest BCUT2D eigenvalue weighted by molar-refractivity contribution is 0.104. The van der Waals surface area contributed by atoms with Gasteiger partial charge in [-0.15, -0.1) is 0 Å². The number of hydrogen-bond acceptors (Lipinski definition) is 6. The van der Waals surface area contributed by atoms with Crippen LogP contribution in [0, 0.1) is 0 Å². The Bertz CT molecular complexity index is 948. The first-order valence-corrected chi connectivity index (χ1v) is 8.54. The monoisotopic (exact) mass is 382 g/mol. The Morgan fingerprint density at radius 2 is 1.71 bits per heavy atom. The lowest BCUT2D eigenvalue weighted by Gasteiger charge is -2.16. The summed E-state index contributed by atoms with van der Waals surface area (Å²) in [6, 6.07) is 6.18. The number of rotatable bonds is 7. The van der Waals surface area contributed by atoms with Gasteiger partial charge in [0.05, 0.1) is 12.7 Å². The first-order valence-electron chi connectivity index (χ1n) is 8.54. The molecular weight excluding hydrogens is 360 g/mol. The Labute approximate surface area is 163 Å². The van der Waals surface area contributed by atoms with Crippen LogP contribution in [0.3, 0.4) is 0 Å². The molecule has 6 nitrogen and oxygen atoms in total. The van der Waals surface area contributed by atoms with Gasteiger partial charge in [-0.3, -0.25) is 9.59 Å². The fourth-order valence-corrected chi connectivity index (χ4v) is 2.67. The van der Waals surface area contributed by atoms with Crippen molar-refractivity contribution in [2.75, 3.05) is 7.11 Å². The van der Waals surface area contributed by atoms with E-state index in [0.717, 1.165) is 5.57 Å². The number of hydrogen-bond donors (Lipinski definition) is 3. The molecule has 2 aromatic carbocycles. The van der Waals surface area contributed by atoms with Crippen LogP contribution in [-0.4, -0.2) is 34.5 Å². The quantitative estimate of drug-likeness (QED) is 0.289. The van der Waals surface area contributed by atoms with Crippen molar-refractivity contribution in [1.29, 1.82) is 0 Å². The van der Waals surface area contributed by atoms with E-state index in [1.165, 1.54) is 31.4 Å². The number of aromatic hydroxyl groups is 3. The molecule has 0 aromatic heterocycles. The molecule has 0 bridgehead atoms. The molecule has 3 N–H and O–H groups in total. The van der Waals surface area contributed by atoms with Crippen molar-refractivity contribution in [3.8, 4) is 23.0 Å². The summed E-state index contributed by atoms with van der Waals surface area (Å²) in [7, 11) is 1.25. The van der Waals surface area contributed by atoms with Crippen molar-refractivity contribution in [3.63, 3.8) is 0 Å². The number of aldehydes is 1. The molecule has 0 saturated heterocycles. The summed E-state index contributed by atoms with van der Waals surface area (Å²) in [4.78, 5) is 24.3. The second-order valence-electron chi connectivity index (χ2n) is 6.39. The number of phenols is 3. The summed E-state index contributed by atoms with van der Waals surface area (Å²) in [5.74, 6) is -1.53. The largest absolute Gasteiger partial charge is 0.508 e. The molecule has 0 amide bonds. The van der Waals surface area contributed by atoms with E-state index in [4.69, 9.17) is 4.74 Å². The Morgan fingerprint density at radius 1 is 1.07 bits per heavy atom. The minimum absolute atomic E-state index is 0.0745. The molecule has 2 rings (SSSR count). The molecule has 28 heavy (non-hydrogen) atoms. The lowest BCUT2D eigenvalue weighted by atomic mass is 9.95. The van der Waals surface area contributed by atoms with E-state index in [0.29, 0.717) is 11.8 Å². The van der Waals surface area contributed by atoms with E-state index >= 15 is 0 Å². The minimum atomic E-state index is -0.594. The normalized spacial score (nSPS) is 10.7. The third-order valence-electron chi connectivity index (χ3n) is 4.14. The zero-order valence-electron chi connectivity index (χ0n) is 15.9. The lowest BCUT2D eigenvalue weighted by Crippen LogP contribution is -2.06. The van der Waals surface area contributed by atoms with Gasteiger partial charge in [-0.05, 0) is 44.0 Å². The predicted molar refractivity (Wildman–Crippen MR) is 106 cm³/mol. The summed E-state index contributed by atoms with van der Waals surface area (Å²) in [6.45, 7) is 3.70. The maximum absolute atomic E-state index is 12.8. The second-order valence-corrected chi connectivity index (χ2v) is 6.39. The molecule has 0 aliphatic rings. The topological polar surface area (TPSA) is 104 Å². The molecule has 0 unspecified atom stereocenters. The summed E-state index contributed by atoms with van der Waals surface area (Å²) in [5.41, 5.74) is 1.28. The highest BCUT2D eigenvalue weighted by Crippen LogP contribution is 2.42. The zero-order chi connectivity index (χ0) is 20.8. The van der Waals surface area contributed by atoms with Crippen LogP contribution in [0.2, 0.25) is 0 Å². The third-order valence-corrected chi connectivity index (χ3v) is 4.14. The summed E-state index contributed by atoms with van der Waals surface area (Å²) < 4.78 is 5.14. The predicted octanol–water partition coefficient (Wildman–Crippen LogP) is 4.03. The van der Waals surface area contributed by atoms with Crippen molar-refractivity contribution < 1.29 is 29.6 Å². The average molecular weight is 382 g/mol. The molecule has 6 heteroatoms. The van der Waals surface area contributed by atoms with Gasteiger partial charge in [0.15, 0.2) is 12.1 Å². The Balaban J connectivity index is 2.58. The minimum Gasteiger partial charge on any atom is -0.508 e. The zero-order valence-corrected chi connectivity index (χ0v) is 15.9. The number of methoxy groups -OCH3 is 1. The van der Waals surface area contributed by atoms with E-state index in [1.54, 1.807) is 18.2 Å². The maximum Gasteiger partial charge on any atom is 0.193 e. The molecule has 0 spiro atoms. The van der Waals surface area contributed by atoms with Crippen molar-refractivity contribution >= 4 is 18.1 Å². The van der Waals surface area contributed by atoms with Crippen LogP contribution >= 0.6 is 0 Å². The van der Waals surface area contributed by atoms with Gasteiger partial charge in [0, 0.05) is 5.56 Å². The number of ketones is 1. The highest BCUT2D eigenvalue weighted by molar-refractivity contribution is 6.12. The molecule has 0 atom stereocenters. The van der Waals surface area contributed by atoms with Crippen LogP contribution in [0.15, 0.2) is 42.0 Å². The van der Waals surface area contributed by atoms with Gasteiger partial charge in [-0.2, -0.15) is 0 Å². The van der Waals surface area contributed by atoms with Crippen molar-refractivity contribution in [2.45, 2.75) is 20.3 Å². The summed E-state index contributed by atoms with van der Waals surface area (Å²) in [5, 5.41) is 30.3. The van der Waals surface area contributed by atoms with Crippen LogP contribution in [0.5, 0.6) is 23.0 Å². The highest BCUT2D eigenvalue weighted by Gasteiger charge is 2.26. The molecule has 0 aliphatic heterocycles. The van der Waals surface area contributed by atoms with Gasteiger partial charge >= 0.3 is 0 Å². The second kappa shape index (κ2) is 8.90. The Kier molecular flexibility index (Phi) is 6.60. The van der Waals surface area contributed by atoms with E-state index in [-0.39, 0.29) is 34.6 Å². The standard InChI is InChI=1S/C22H22O6/c1-13(2)4-10-16-20(26)17(12-23)22(28-3)19(21(16)27)18(25)11-7-14-5-8-15(24)9-6-14/h4-9,11-12,24,26-27H,10H2,1-3H3/b11-7+. The Hall–Kier alpha value is -3.54. The molecule has 0 fully saturated rings. The number of carbonyl (C=O) groups excluding carboxylic acids is 2. The van der Waals surface area contributed by atoms with Gasteiger partial charge in [0.25, 0.3) is 0 Å². The number of ether oxygens (including phenoxy) is 1. The maximum atomic E-state index is 12.8. The van der Waals surface area contributed by atoms with Gasteiger partial charge in [-0.25, -0.2) is 0 Å². The number of benzene rings is 2. The fourth-order valence-electron chi connectivity index (χ4n) is 2.67. The van der Waals surface area contributed by atoms with Crippen LogP contribution < -0.4 is 4.74 Å². The molecular formula is C22H22O6. The van der Waals surface area contributed by atoms with Gasteiger partial charge < -0.3 is 20.1 Å². The van der Waals surface area contributed by atoms with Crippen molar-refractivity contribution in [3.05, 3.63) is 64.2 Å². The van der Waals surface area contributed by atoms with Crippen molar-refractivity contribution in [2.24, 2.45) is 0 Å². The average Bonchev–Trinajstić information content (AvgIpc) is 2.66. The van der Waals surface area contributed by atoms with Crippen LogP contribution in [0.1, 0.15) is 45.7 Å². The van der Waals surface area contributed by atoms with E-state index < -0.39 is 17.3 Å². The SMILES string of the molecule is COc1c(C=O)c(O)c(CC=C(C)C)c(O)c1C(=O)/C=C/c1ccc(O)cc1. The van der Waals surface area contributed by atoms with Gasteiger partial charge in [-0.1, -0.05) is 29.9 Å². The highest BCUT2D eigenvalue weighted by atomic mass is 16.5. The third kappa shape index (κ3) is 4.40. The van der Waals surface area contributed by atoms with E-state index in [2.05, 4.69) is 0 Å². The molecule has 2 aromatic rings.